The molecule has 1 amide bonds. The summed E-state index contributed by atoms with van der Waals surface area (Å²) in [5.41, 5.74) is 2.55. The minimum absolute atomic E-state index is 0.0760. The number of hydrogen-bond donors (Lipinski definition) is 1. The van der Waals surface area contributed by atoms with E-state index >= 15 is 0 Å². The number of amides is 1. The zero-order chi connectivity index (χ0) is 26.7. The van der Waals surface area contributed by atoms with Crippen LogP contribution in [-0.4, -0.2) is 76.3 Å². The normalized spacial score (nSPS) is 20.0. The van der Waals surface area contributed by atoms with Crippen molar-refractivity contribution in [3.63, 3.8) is 0 Å². The number of carbonyl (C=O) groups is 2. The Kier molecular flexibility index (Phi) is 8.22. The second-order valence-electron chi connectivity index (χ2n) is 9.82. The van der Waals surface area contributed by atoms with Gasteiger partial charge in [0, 0.05) is 25.8 Å². The van der Waals surface area contributed by atoms with Crippen LogP contribution in [0.2, 0.25) is 0 Å². The number of carbonyl (C=O) groups excluding carboxylic acids is 2. The molecule has 200 valence electrons. The lowest BCUT2D eigenvalue weighted by atomic mass is 9.94. The van der Waals surface area contributed by atoms with E-state index in [1.165, 1.54) is 6.42 Å². The minimum Gasteiger partial charge on any atom is -0.507 e. The van der Waals surface area contributed by atoms with Gasteiger partial charge in [-0.2, -0.15) is 5.10 Å². The van der Waals surface area contributed by atoms with Crippen molar-refractivity contribution >= 4 is 17.4 Å². The Morgan fingerprint density at radius 1 is 1.11 bits per heavy atom. The molecule has 0 spiro atoms. The van der Waals surface area contributed by atoms with Crippen molar-refractivity contribution in [3.8, 4) is 11.5 Å². The van der Waals surface area contributed by atoms with Crippen LogP contribution in [0.5, 0.6) is 11.5 Å². The lowest BCUT2D eigenvalue weighted by molar-refractivity contribution is -0.140. The zero-order valence-corrected chi connectivity index (χ0v) is 22.5. The summed E-state index contributed by atoms with van der Waals surface area (Å²) in [6.07, 6.45) is 4.35. The third-order valence-corrected chi connectivity index (χ3v) is 7.36. The molecule has 9 heteroatoms. The first-order chi connectivity index (χ1) is 17.8. The minimum atomic E-state index is -0.752. The van der Waals surface area contributed by atoms with E-state index in [2.05, 4.69) is 10.00 Å². The van der Waals surface area contributed by atoms with Gasteiger partial charge in [-0.3, -0.25) is 14.3 Å². The second kappa shape index (κ2) is 11.4. The van der Waals surface area contributed by atoms with Crippen LogP contribution in [0.4, 0.5) is 0 Å². The molecule has 0 bridgehead atoms. The highest BCUT2D eigenvalue weighted by atomic mass is 16.5. The summed E-state index contributed by atoms with van der Waals surface area (Å²) in [6.45, 7) is 9.21. The van der Waals surface area contributed by atoms with Gasteiger partial charge in [-0.1, -0.05) is 19.4 Å². The maximum absolute atomic E-state index is 13.5. The van der Waals surface area contributed by atoms with Crippen molar-refractivity contribution in [2.45, 2.75) is 52.5 Å². The molecule has 1 aromatic carbocycles. The fourth-order valence-electron chi connectivity index (χ4n) is 5.33. The third kappa shape index (κ3) is 5.23. The Hall–Kier alpha value is -3.33. The topological polar surface area (TPSA) is 97.1 Å². The number of likely N-dealkylation sites (tertiary alicyclic amines) is 2. The largest absolute Gasteiger partial charge is 0.507 e. The summed E-state index contributed by atoms with van der Waals surface area (Å²) < 4.78 is 13.1. The van der Waals surface area contributed by atoms with E-state index in [4.69, 9.17) is 9.47 Å². The molecule has 2 aliphatic heterocycles. The van der Waals surface area contributed by atoms with Gasteiger partial charge in [0.25, 0.3) is 11.7 Å². The molecule has 4 rings (SSSR count). The van der Waals surface area contributed by atoms with Crippen molar-refractivity contribution < 1.29 is 24.2 Å². The van der Waals surface area contributed by atoms with Gasteiger partial charge >= 0.3 is 0 Å². The van der Waals surface area contributed by atoms with E-state index in [0.717, 1.165) is 32.4 Å². The van der Waals surface area contributed by atoms with Crippen LogP contribution in [0.15, 0.2) is 23.8 Å². The SMILES string of the molecule is CCCOc1ccc(C2/C(=C(\O)c3c(C)nn(C)c3C)C(=O)C(=O)N2CCN2CCCCC2)cc1OC. The number of aromatic nitrogens is 2. The molecule has 1 atom stereocenters. The van der Waals surface area contributed by atoms with E-state index in [1.54, 1.807) is 42.8 Å². The monoisotopic (exact) mass is 510 g/mol. The van der Waals surface area contributed by atoms with Crippen LogP contribution in [0.3, 0.4) is 0 Å². The maximum Gasteiger partial charge on any atom is 0.295 e. The molecule has 2 aromatic rings. The number of methoxy groups -OCH3 is 1. The van der Waals surface area contributed by atoms with E-state index in [9.17, 15) is 14.7 Å². The van der Waals surface area contributed by atoms with E-state index in [1.807, 2.05) is 19.9 Å². The number of benzene rings is 1. The standard InChI is InChI=1S/C28H38N4O5/c1-6-16-37-21-11-10-20(17-22(21)36-5)25-24(26(33)23-18(2)29-30(4)19(23)3)27(34)28(35)32(25)15-14-31-12-8-7-9-13-31/h10-11,17,25,33H,6-9,12-16H2,1-5H3/b26-24+. The van der Waals surface area contributed by atoms with E-state index in [-0.39, 0.29) is 11.3 Å². The van der Waals surface area contributed by atoms with Gasteiger partial charge in [0.15, 0.2) is 11.5 Å². The third-order valence-electron chi connectivity index (χ3n) is 7.36. The number of Topliss-reactive ketones (excluding diaryl/α,β-unsaturated/α-hetero) is 1. The summed E-state index contributed by atoms with van der Waals surface area (Å²) in [5.74, 6) is -0.377. The Balaban J connectivity index is 1.80. The molecule has 9 nitrogen and oxygen atoms in total. The Morgan fingerprint density at radius 3 is 2.46 bits per heavy atom. The molecule has 0 radical (unpaired) electrons. The summed E-state index contributed by atoms with van der Waals surface area (Å²) in [4.78, 5) is 30.8. The van der Waals surface area contributed by atoms with Gasteiger partial charge in [0.1, 0.15) is 5.76 Å². The smallest absolute Gasteiger partial charge is 0.295 e. The molecule has 2 aliphatic rings. The van der Waals surface area contributed by atoms with Crippen molar-refractivity contribution in [3.05, 3.63) is 46.3 Å². The highest BCUT2D eigenvalue weighted by molar-refractivity contribution is 6.46. The molecule has 37 heavy (non-hydrogen) atoms. The average molecular weight is 511 g/mol. The van der Waals surface area contributed by atoms with Gasteiger partial charge in [0.05, 0.1) is 36.6 Å². The number of aliphatic hydroxyl groups is 1. The maximum atomic E-state index is 13.5. The molecule has 1 aromatic heterocycles. The molecular weight excluding hydrogens is 472 g/mol. The predicted molar refractivity (Wildman–Crippen MR) is 141 cm³/mol. The molecule has 1 unspecified atom stereocenters. The number of piperidine rings is 1. The van der Waals surface area contributed by atoms with Crippen molar-refractivity contribution in [2.24, 2.45) is 7.05 Å². The van der Waals surface area contributed by atoms with Gasteiger partial charge in [-0.05, 0) is 63.9 Å². The summed E-state index contributed by atoms with van der Waals surface area (Å²) >= 11 is 0. The summed E-state index contributed by atoms with van der Waals surface area (Å²) in [6, 6.07) is 4.69. The lowest BCUT2D eigenvalue weighted by Crippen LogP contribution is -2.40. The summed E-state index contributed by atoms with van der Waals surface area (Å²) in [7, 11) is 3.35. The highest BCUT2D eigenvalue weighted by Crippen LogP contribution is 2.42. The van der Waals surface area contributed by atoms with Crippen LogP contribution < -0.4 is 9.47 Å². The molecular formula is C28H38N4O5. The van der Waals surface area contributed by atoms with Crippen LogP contribution >= 0.6 is 0 Å². The van der Waals surface area contributed by atoms with Gasteiger partial charge in [-0.15, -0.1) is 0 Å². The van der Waals surface area contributed by atoms with Gasteiger partial charge in [0.2, 0.25) is 0 Å². The van der Waals surface area contributed by atoms with Crippen LogP contribution in [-0.2, 0) is 16.6 Å². The van der Waals surface area contributed by atoms with Gasteiger partial charge in [-0.25, -0.2) is 0 Å². The van der Waals surface area contributed by atoms with Gasteiger partial charge < -0.3 is 24.4 Å². The Labute approximate surface area is 218 Å². The number of ether oxygens (including phenoxy) is 2. The van der Waals surface area contributed by atoms with Crippen LogP contribution in [0, 0.1) is 13.8 Å². The Bertz CT molecular complexity index is 1200. The highest BCUT2D eigenvalue weighted by Gasteiger charge is 2.46. The fourth-order valence-corrected chi connectivity index (χ4v) is 5.33. The predicted octanol–water partition coefficient (Wildman–Crippen LogP) is 3.74. The fraction of sp³-hybridized carbons (Fsp3) is 0.536. The van der Waals surface area contributed by atoms with E-state index < -0.39 is 17.7 Å². The first-order valence-corrected chi connectivity index (χ1v) is 13.1. The molecule has 2 fully saturated rings. The molecule has 3 heterocycles. The number of aliphatic hydroxyl groups excluding tert-OH is 1. The molecule has 0 aliphatic carbocycles. The number of ketones is 1. The number of hydrogen-bond acceptors (Lipinski definition) is 7. The van der Waals surface area contributed by atoms with Crippen molar-refractivity contribution in [2.75, 3.05) is 39.9 Å². The first kappa shape index (κ1) is 26.7. The number of aryl methyl sites for hydroxylation is 2. The molecule has 0 saturated carbocycles. The van der Waals surface area contributed by atoms with Crippen LogP contribution in [0.25, 0.3) is 5.76 Å². The quantitative estimate of drug-likeness (QED) is 0.312. The van der Waals surface area contributed by atoms with Crippen LogP contribution in [0.1, 0.15) is 61.2 Å². The number of rotatable bonds is 9. The first-order valence-electron chi connectivity index (χ1n) is 13.1. The summed E-state index contributed by atoms with van der Waals surface area (Å²) in [5, 5.41) is 15.9. The van der Waals surface area contributed by atoms with Crippen molar-refractivity contribution in [1.29, 1.82) is 0 Å². The Morgan fingerprint density at radius 2 is 1.84 bits per heavy atom. The lowest BCUT2D eigenvalue weighted by Gasteiger charge is -2.31. The second-order valence-corrected chi connectivity index (χ2v) is 9.82. The molecule has 2 saturated heterocycles. The van der Waals surface area contributed by atoms with E-state index in [0.29, 0.717) is 53.7 Å². The average Bonchev–Trinajstić information content (AvgIpc) is 3.31. The van der Waals surface area contributed by atoms with Crippen molar-refractivity contribution in [1.82, 2.24) is 19.6 Å². The zero-order valence-electron chi connectivity index (χ0n) is 22.5. The number of nitrogens with zero attached hydrogens (tertiary/aromatic N) is 4. The molecule has 1 N–H and O–H groups in total.